The van der Waals surface area contributed by atoms with E-state index in [0.29, 0.717) is 17.1 Å². The van der Waals surface area contributed by atoms with Crippen LogP contribution in [-0.4, -0.2) is 14.3 Å². The number of benzene rings is 1. The van der Waals surface area contributed by atoms with Gasteiger partial charge in [-0.05, 0) is 44.0 Å². The summed E-state index contributed by atoms with van der Waals surface area (Å²) < 4.78 is 29.5. The van der Waals surface area contributed by atoms with Gasteiger partial charge in [-0.1, -0.05) is 19.1 Å². The maximum absolute atomic E-state index is 12.1. The summed E-state index contributed by atoms with van der Waals surface area (Å²) >= 11 is 0. The standard InChI is InChI=1S/C15H18N2O4S/c1-4-12-5-7-13(8-6-12)22(19,20)17-16-15(18)14-9-10(2)21-11(14)3/h5-9,17H,4H2,1-3H3,(H,16,18). The number of sulfonamides is 1. The Hall–Kier alpha value is -2.12. The molecule has 7 heteroatoms. The third kappa shape index (κ3) is 3.55. The number of nitrogens with one attached hydrogen (secondary N) is 2. The average Bonchev–Trinajstić information content (AvgIpc) is 2.83. The lowest BCUT2D eigenvalue weighted by Crippen LogP contribution is -2.41. The number of carbonyl (C=O) groups is 1. The molecule has 0 aliphatic carbocycles. The molecule has 22 heavy (non-hydrogen) atoms. The van der Waals surface area contributed by atoms with Crippen molar-refractivity contribution in [2.45, 2.75) is 32.1 Å². The smallest absolute Gasteiger partial charge is 0.269 e. The molecule has 0 aliphatic rings. The second-order valence-corrected chi connectivity index (χ2v) is 6.57. The Morgan fingerprint density at radius 2 is 1.82 bits per heavy atom. The summed E-state index contributed by atoms with van der Waals surface area (Å²) in [6.07, 6.45) is 0.823. The van der Waals surface area contributed by atoms with Gasteiger partial charge in [0.25, 0.3) is 15.9 Å². The van der Waals surface area contributed by atoms with Gasteiger partial charge in [-0.2, -0.15) is 0 Å². The van der Waals surface area contributed by atoms with Crippen molar-refractivity contribution in [3.8, 4) is 0 Å². The van der Waals surface area contributed by atoms with Crippen LogP contribution in [0.15, 0.2) is 39.6 Å². The molecule has 0 unspecified atom stereocenters. The molecule has 0 saturated carbocycles. The van der Waals surface area contributed by atoms with Crippen molar-refractivity contribution in [1.29, 1.82) is 0 Å². The molecule has 2 N–H and O–H groups in total. The zero-order chi connectivity index (χ0) is 16.3. The number of hydrogen-bond acceptors (Lipinski definition) is 4. The van der Waals surface area contributed by atoms with Crippen LogP contribution in [0.1, 0.15) is 34.4 Å². The van der Waals surface area contributed by atoms with E-state index >= 15 is 0 Å². The van der Waals surface area contributed by atoms with Crippen LogP contribution in [0.4, 0.5) is 0 Å². The van der Waals surface area contributed by atoms with Gasteiger partial charge in [0.1, 0.15) is 11.5 Å². The fourth-order valence-corrected chi connectivity index (χ4v) is 2.84. The van der Waals surface area contributed by atoms with Gasteiger partial charge in [-0.3, -0.25) is 10.2 Å². The molecule has 2 aromatic rings. The SMILES string of the molecule is CCc1ccc(S(=O)(=O)NNC(=O)c2cc(C)oc2C)cc1. The molecule has 0 saturated heterocycles. The predicted molar refractivity (Wildman–Crippen MR) is 81.8 cm³/mol. The van der Waals surface area contributed by atoms with E-state index < -0.39 is 15.9 Å². The van der Waals surface area contributed by atoms with Crippen LogP contribution >= 0.6 is 0 Å². The largest absolute Gasteiger partial charge is 0.466 e. The van der Waals surface area contributed by atoms with Crippen molar-refractivity contribution in [2.75, 3.05) is 0 Å². The van der Waals surface area contributed by atoms with E-state index in [9.17, 15) is 13.2 Å². The highest BCUT2D eigenvalue weighted by Gasteiger charge is 2.18. The first-order valence-corrected chi connectivity index (χ1v) is 8.30. The minimum Gasteiger partial charge on any atom is -0.466 e. The number of hydrogen-bond donors (Lipinski definition) is 2. The first-order valence-electron chi connectivity index (χ1n) is 6.81. The first-order chi connectivity index (χ1) is 10.3. The van der Waals surface area contributed by atoms with E-state index in [-0.39, 0.29) is 4.90 Å². The summed E-state index contributed by atoms with van der Waals surface area (Å²) in [6, 6.07) is 8.02. The highest BCUT2D eigenvalue weighted by molar-refractivity contribution is 7.89. The topological polar surface area (TPSA) is 88.4 Å². The molecule has 2 rings (SSSR count). The van der Waals surface area contributed by atoms with Gasteiger partial charge in [0.2, 0.25) is 0 Å². The molecule has 0 atom stereocenters. The predicted octanol–water partition coefficient (Wildman–Crippen LogP) is 2.08. The van der Waals surface area contributed by atoms with Crippen LogP contribution in [0.3, 0.4) is 0 Å². The van der Waals surface area contributed by atoms with Crippen molar-refractivity contribution in [2.24, 2.45) is 0 Å². The molecule has 1 aromatic heterocycles. The lowest BCUT2D eigenvalue weighted by molar-refractivity contribution is 0.0943. The van der Waals surface area contributed by atoms with Crippen molar-refractivity contribution in [3.05, 3.63) is 53.0 Å². The van der Waals surface area contributed by atoms with E-state index in [1.54, 1.807) is 32.0 Å². The first kappa shape index (κ1) is 16.3. The third-order valence-electron chi connectivity index (χ3n) is 3.23. The van der Waals surface area contributed by atoms with E-state index in [4.69, 9.17) is 4.42 Å². The molecule has 0 bridgehead atoms. The second-order valence-electron chi connectivity index (χ2n) is 4.88. The fourth-order valence-electron chi connectivity index (χ4n) is 2.00. The molecule has 118 valence electrons. The second kappa shape index (κ2) is 6.33. The van der Waals surface area contributed by atoms with Gasteiger partial charge in [-0.25, -0.2) is 8.42 Å². The van der Waals surface area contributed by atoms with Crippen LogP contribution in [0, 0.1) is 13.8 Å². The summed E-state index contributed by atoms with van der Waals surface area (Å²) in [7, 11) is -3.81. The van der Waals surface area contributed by atoms with Gasteiger partial charge >= 0.3 is 0 Å². The van der Waals surface area contributed by atoms with Crippen LogP contribution in [0.5, 0.6) is 0 Å². The summed E-state index contributed by atoms with van der Waals surface area (Å²) in [4.78, 5) is 14.1. The minimum absolute atomic E-state index is 0.0881. The fraction of sp³-hybridized carbons (Fsp3) is 0.267. The Morgan fingerprint density at radius 3 is 2.32 bits per heavy atom. The normalized spacial score (nSPS) is 11.4. The molecule has 0 aliphatic heterocycles. The Kier molecular flexibility index (Phi) is 4.68. The maximum Gasteiger partial charge on any atom is 0.269 e. The lowest BCUT2D eigenvalue weighted by Gasteiger charge is -2.08. The van der Waals surface area contributed by atoms with Gasteiger partial charge in [0, 0.05) is 0 Å². The molecule has 0 fully saturated rings. The van der Waals surface area contributed by atoms with Crippen molar-refractivity contribution >= 4 is 15.9 Å². The number of carbonyl (C=O) groups excluding carboxylic acids is 1. The minimum atomic E-state index is -3.81. The highest BCUT2D eigenvalue weighted by Crippen LogP contribution is 2.14. The zero-order valence-electron chi connectivity index (χ0n) is 12.6. The number of aryl methyl sites for hydroxylation is 3. The van der Waals surface area contributed by atoms with E-state index in [1.165, 1.54) is 12.1 Å². The molecule has 0 spiro atoms. The molecule has 1 amide bonds. The zero-order valence-corrected chi connectivity index (χ0v) is 13.5. The third-order valence-corrected chi connectivity index (χ3v) is 4.49. The van der Waals surface area contributed by atoms with Gasteiger partial charge < -0.3 is 4.42 Å². The number of amides is 1. The lowest BCUT2D eigenvalue weighted by atomic mass is 10.2. The van der Waals surface area contributed by atoms with Crippen molar-refractivity contribution in [3.63, 3.8) is 0 Å². The number of rotatable bonds is 5. The molecule has 1 heterocycles. The van der Waals surface area contributed by atoms with Crippen molar-refractivity contribution in [1.82, 2.24) is 10.3 Å². The summed E-state index contributed by atoms with van der Waals surface area (Å²) in [5.41, 5.74) is 3.51. The summed E-state index contributed by atoms with van der Waals surface area (Å²) in [5.74, 6) is 0.449. The molecule has 1 aromatic carbocycles. The van der Waals surface area contributed by atoms with Crippen LogP contribution in [0.25, 0.3) is 0 Å². The molecule has 0 radical (unpaired) electrons. The average molecular weight is 322 g/mol. The van der Waals surface area contributed by atoms with E-state index in [1.807, 2.05) is 6.92 Å². The Bertz CT molecular complexity index is 776. The Balaban J connectivity index is 2.09. The highest BCUT2D eigenvalue weighted by atomic mass is 32.2. The Labute approximate surface area is 129 Å². The number of hydrazine groups is 1. The summed E-state index contributed by atoms with van der Waals surface area (Å²) in [6.45, 7) is 5.33. The number of furan rings is 1. The van der Waals surface area contributed by atoms with Gasteiger partial charge in [0.05, 0.1) is 10.5 Å². The molecule has 6 nitrogen and oxygen atoms in total. The molecular formula is C15H18N2O4S. The quantitative estimate of drug-likeness (QED) is 0.825. The maximum atomic E-state index is 12.1. The van der Waals surface area contributed by atoms with Crippen molar-refractivity contribution < 1.29 is 17.6 Å². The van der Waals surface area contributed by atoms with Gasteiger partial charge in [-0.15, -0.1) is 4.83 Å². The van der Waals surface area contributed by atoms with Crippen LogP contribution in [-0.2, 0) is 16.4 Å². The van der Waals surface area contributed by atoms with Crippen LogP contribution in [0.2, 0.25) is 0 Å². The Morgan fingerprint density at radius 1 is 1.18 bits per heavy atom. The van der Waals surface area contributed by atoms with E-state index in [0.717, 1.165) is 12.0 Å². The molecular weight excluding hydrogens is 304 g/mol. The van der Waals surface area contributed by atoms with Crippen LogP contribution < -0.4 is 10.3 Å². The monoisotopic (exact) mass is 322 g/mol. The van der Waals surface area contributed by atoms with Gasteiger partial charge in [0.15, 0.2) is 0 Å². The summed E-state index contributed by atoms with van der Waals surface area (Å²) in [5, 5.41) is 0. The van der Waals surface area contributed by atoms with E-state index in [2.05, 4.69) is 10.3 Å².